The lowest BCUT2D eigenvalue weighted by atomic mass is 10.2. The molecular weight excluding hydrogens is 195 g/mol. The highest BCUT2D eigenvalue weighted by atomic mass is 31.2. The highest BCUT2D eigenvalue weighted by molar-refractivity contribution is 7.46. The van der Waals surface area contributed by atoms with Crippen LogP contribution in [-0.2, 0) is 9.19 Å². The molecule has 0 aliphatic carbocycles. The van der Waals surface area contributed by atoms with E-state index in [0.29, 0.717) is 6.54 Å². The number of hydrogen-bond donors (Lipinski definition) is 2. The van der Waals surface area contributed by atoms with Gasteiger partial charge in [0.25, 0.3) is 0 Å². The second kappa shape index (κ2) is 4.04. The summed E-state index contributed by atoms with van der Waals surface area (Å²) in [7, 11) is -2.42. The fraction of sp³-hybridized carbons (Fsp3) is 1.00. The molecule has 1 fully saturated rings. The van der Waals surface area contributed by atoms with Crippen LogP contribution in [0.1, 0.15) is 6.92 Å². The summed E-state index contributed by atoms with van der Waals surface area (Å²) in [6.07, 6.45) is 0. The Balaban J connectivity index is 2.47. The van der Waals surface area contributed by atoms with Crippen LogP contribution in [0.3, 0.4) is 0 Å². The summed E-state index contributed by atoms with van der Waals surface area (Å²) in [4.78, 5) is 19.3. The topological polar surface area (TPSA) is 73.2 Å². The third-order valence-electron chi connectivity index (χ3n) is 1.98. The van der Waals surface area contributed by atoms with Gasteiger partial charge in [-0.05, 0) is 14.0 Å². The first-order valence-electron chi connectivity index (χ1n) is 4.09. The highest BCUT2D eigenvalue weighted by Gasteiger charge is 2.28. The molecule has 1 aliphatic rings. The molecule has 1 saturated heterocycles. The maximum absolute atomic E-state index is 10.5. The molecule has 1 aliphatic heterocycles. The number of phosphoric acid groups is 1. The molecule has 1 heterocycles. The largest absolute Gasteiger partial charge is 0.486 e. The first kappa shape index (κ1) is 11.1. The van der Waals surface area contributed by atoms with Crippen LogP contribution < -0.4 is 0 Å². The van der Waals surface area contributed by atoms with Crippen molar-refractivity contribution in [3.8, 4) is 0 Å². The van der Waals surface area contributed by atoms with Gasteiger partial charge < -0.3 is 14.7 Å². The summed E-state index contributed by atoms with van der Waals surface area (Å²) in [6, 6.07) is 0.00590. The van der Waals surface area contributed by atoms with Crippen LogP contribution in [0.15, 0.2) is 0 Å². The fourth-order valence-electron chi connectivity index (χ4n) is 1.38. The van der Waals surface area contributed by atoms with Gasteiger partial charge in [0.1, 0.15) is 0 Å². The van der Waals surface area contributed by atoms with Crippen LogP contribution in [-0.4, -0.2) is 52.5 Å². The molecule has 1 unspecified atom stereocenters. The molecule has 0 aromatic carbocycles. The monoisotopic (exact) mass is 210 g/mol. The number of nitrogens with zero attached hydrogens (tertiary/aromatic N) is 2. The van der Waals surface area contributed by atoms with Gasteiger partial charge in [0.15, 0.2) is 0 Å². The quantitative estimate of drug-likeness (QED) is 0.607. The van der Waals surface area contributed by atoms with E-state index in [2.05, 4.69) is 9.52 Å². The fourth-order valence-corrected chi connectivity index (χ4v) is 1.90. The molecule has 0 aromatic rings. The maximum Gasteiger partial charge on any atom is 0.486 e. The minimum Gasteiger partial charge on any atom is -0.303 e. The van der Waals surface area contributed by atoms with Crippen LogP contribution in [0, 0.1) is 0 Å². The Kier molecular flexibility index (Phi) is 3.45. The Labute approximate surface area is 77.3 Å². The number of piperazine rings is 1. The van der Waals surface area contributed by atoms with Gasteiger partial charge in [0.05, 0.1) is 0 Å². The molecule has 78 valence electrons. The average molecular weight is 210 g/mol. The molecule has 1 atom stereocenters. The molecule has 0 amide bonds. The lowest BCUT2D eigenvalue weighted by Gasteiger charge is -2.36. The number of rotatable bonds is 2. The Morgan fingerprint density at radius 1 is 1.46 bits per heavy atom. The minimum absolute atomic E-state index is 0.00590. The van der Waals surface area contributed by atoms with Crippen molar-refractivity contribution in [2.45, 2.75) is 13.0 Å². The van der Waals surface area contributed by atoms with Gasteiger partial charge in [0, 0.05) is 25.7 Å². The van der Waals surface area contributed by atoms with E-state index in [0.717, 1.165) is 13.1 Å². The smallest absolute Gasteiger partial charge is 0.303 e. The molecule has 2 N–H and O–H groups in total. The van der Waals surface area contributed by atoms with Crippen molar-refractivity contribution in [1.82, 2.24) is 9.96 Å². The summed E-state index contributed by atoms with van der Waals surface area (Å²) in [6.45, 7) is 3.89. The van der Waals surface area contributed by atoms with Crippen molar-refractivity contribution < 1.29 is 19.0 Å². The Hall–Kier alpha value is 0.0300. The molecule has 0 radical (unpaired) electrons. The molecule has 0 aromatic heterocycles. The van der Waals surface area contributed by atoms with Crippen molar-refractivity contribution in [2.75, 3.05) is 26.7 Å². The van der Waals surface area contributed by atoms with Crippen LogP contribution in [0.25, 0.3) is 0 Å². The van der Waals surface area contributed by atoms with Gasteiger partial charge in [0.2, 0.25) is 0 Å². The predicted octanol–water partition coefficient (Wildman–Crippen LogP) is -0.353. The van der Waals surface area contributed by atoms with E-state index in [1.54, 1.807) is 0 Å². The van der Waals surface area contributed by atoms with Crippen molar-refractivity contribution in [2.24, 2.45) is 0 Å². The first-order chi connectivity index (χ1) is 5.88. The number of likely N-dealkylation sites (N-methyl/N-ethyl adjacent to an activating group) is 1. The second-order valence-electron chi connectivity index (χ2n) is 3.32. The van der Waals surface area contributed by atoms with E-state index in [1.807, 2.05) is 14.0 Å². The minimum atomic E-state index is -4.38. The third-order valence-corrected chi connectivity index (χ3v) is 2.40. The van der Waals surface area contributed by atoms with E-state index >= 15 is 0 Å². The molecule has 0 bridgehead atoms. The average Bonchev–Trinajstić information content (AvgIpc) is 1.93. The lowest BCUT2D eigenvalue weighted by Crippen LogP contribution is -2.49. The number of hydrogen-bond acceptors (Lipinski definition) is 4. The predicted molar refractivity (Wildman–Crippen MR) is 46.8 cm³/mol. The summed E-state index contributed by atoms with van der Waals surface area (Å²) in [5.74, 6) is 0. The zero-order valence-corrected chi connectivity index (χ0v) is 8.65. The van der Waals surface area contributed by atoms with Crippen LogP contribution in [0.5, 0.6) is 0 Å². The van der Waals surface area contributed by atoms with E-state index in [-0.39, 0.29) is 6.04 Å². The summed E-state index contributed by atoms with van der Waals surface area (Å²) < 4.78 is 15.1. The summed E-state index contributed by atoms with van der Waals surface area (Å²) in [5, 5.41) is 1.35. The zero-order chi connectivity index (χ0) is 10.1. The molecule has 0 saturated carbocycles. The Morgan fingerprint density at radius 2 is 2.08 bits per heavy atom. The second-order valence-corrected chi connectivity index (χ2v) is 4.47. The summed E-state index contributed by atoms with van der Waals surface area (Å²) in [5.41, 5.74) is 0. The standard InChI is InChI=1S/C6H15N2O4P/c1-6-5-7(2)3-4-8(6)12-13(9,10)11/h6H,3-5H2,1-2H3,(H2,9,10,11). The van der Waals surface area contributed by atoms with E-state index < -0.39 is 7.82 Å². The first-order valence-corrected chi connectivity index (χ1v) is 5.62. The van der Waals surface area contributed by atoms with Crippen molar-refractivity contribution in [1.29, 1.82) is 0 Å². The molecule has 13 heavy (non-hydrogen) atoms. The van der Waals surface area contributed by atoms with Crippen molar-refractivity contribution >= 4 is 7.82 Å². The molecule has 7 heteroatoms. The van der Waals surface area contributed by atoms with E-state index in [4.69, 9.17) is 9.79 Å². The Bertz CT molecular complexity index is 219. The molecule has 1 rings (SSSR count). The molecular formula is C6H15N2O4P. The van der Waals surface area contributed by atoms with Crippen molar-refractivity contribution in [3.05, 3.63) is 0 Å². The van der Waals surface area contributed by atoms with Gasteiger partial charge in [-0.15, -0.1) is 0 Å². The third kappa shape index (κ3) is 3.72. The van der Waals surface area contributed by atoms with Crippen molar-refractivity contribution in [3.63, 3.8) is 0 Å². The maximum atomic E-state index is 10.5. The van der Waals surface area contributed by atoms with Crippen LogP contribution in [0.4, 0.5) is 0 Å². The number of hydroxylamine groups is 2. The van der Waals surface area contributed by atoms with Gasteiger partial charge in [-0.1, -0.05) is 0 Å². The lowest BCUT2D eigenvalue weighted by molar-refractivity contribution is -0.135. The normalized spacial score (nSPS) is 27.8. The van der Waals surface area contributed by atoms with Crippen LogP contribution >= 0.6 is 7.82 Å². The molecule has 6 nitrogen and oxygen atoms in total. The van der Waals surface area contributed by atoms with Gasteiger partial charge in [-0.3, -0.25) is 0 Å². The molecule has 0 spiro atoms. The van der Waals surface area contributed by atoms with Crippen LogP contribution in [0.2, 0.25) is 0 Å². The SMILES string of the molecule is CC1CN(C)CCN1OP(=O)(O)O. The zero-order valence-electron chi connectivity index (χ0n) is 7.75. The van der Waals surface area contributed by atoms with E-state index in [1.165, 1.54) is 5.06 Å². The summed E-state index contributed by atoms with van der Waals surface area (Å²) >= 11 is 0. The van der Waals surface area contributed by atoms with Gasteiger partial charge in [-0.2, -0.15) is 9.69 Å². The van der Waals surface area contributed by atoms with Gasteiger partial charge >= 0.3 is 7.82 Å². The highest BCUT2D eigenvalue weighted by Crippen LogP contribution is 2.38. The Morgan fingerprint density at radius 3 is 2.54 bits per heavy atom. The van der Waals surface area contributed by atoms with Gasteiger partial charge in [-0.25, -0.2) is 4.57 Å². The van der Waals surface area contributed by atoms with E-state index in [9.17, 15) is 4.57 Å².